The number of esters is 1. The number of ether oxygens (including phenoxy) is 2. The Morgan fingerprint density at radius 1 is 1.12 bits per heavy atom. The number of rotatable bonds is 3. The molecular formula is C21H21NO4. The zero-order valence-electron chi connectivity index (χ0n) is 14.7. The Balaban J connectivity index is 1.65. The van der Waals surface area contributed by atoms with Gasteiger partial charge >= 0.3 is 5.97 Å². The molecule has 2 aromatic carbocycles. The molecule has 4 rings (SSSR count). The molecule has 134 valence electrons. The molecule has 2 saturated heterocycles. The molecule has 0 saturated carbocycles. The molecule has 2 atom stereocenters. The summed E-state index contributed by atoms with van der Waals surface area (Å²) in [7, 11) is 1.39. The average Bonchev–Trinajstić information content (AvgIpc) is 3.26. The van der Waals surface area contributed by atoms with E-state index in [1.807, 2.05) is 54.6 Å². The van der Waals surface area contributed by atoms with Crippen LogP contribution in [0.4, 0.5) is 0 Å². The fourth-order valence-electron chi connectivity index (χ4n) is 4.09. The zero-order valence-corrected chi connectivity index (χ0v) is 14.7. The Kier molecular flexibility index (Phi) is 4.24. The van der Waals surface area contributed by atoms with E-state index in [4.69, 9.17) is 9.47 Å². The number of hydrogen-bond acceptors (Lipinski definition) is 4. The number of carbonyl (C=O) groups excluding carboxylic acids is 2. The van der Waals surface area contributed by atoms with E-state index in [0.29, 0.717) is 31.9 Å². The summed E-state index contributed by atoms with van der Waals surface area (Å²) in [4.78, 5) is 27.4. The average molecular weight is 351 g/mol. The smallest absolute Gasteiger partial charge is 0.316 e. The molecule has 26 heavy (non-hydrogen) atoms. The standard InChI is InChI=1S/C21H21NO4/c1-25-20(24)21-13-22(11-16(21)12-26-14-21)19(23)18-10-6-5-9-17(18)15-7-3-2-4-8-15/h2-10,16H,11-14H2,1H3/t16-,21-/m0/s1. The summed E-state index contributed by atoms with van der Waals surface area (Å²) in [5.74, 6) is -0.350. The highest BCUT2D eigenvalue weighted by molar-refractivity contribution is 6.01. The molecule has 0 radical (unpaired) electrons. The van der Waals surface area contributed by atoms with Gasteiger partial charge < -0.3 is 14.4 Å². The van der Waals surface area contributed by atoms with Crippen molar-refractivity contribution in [3.63, 3.8) is 0 Å². The summed E-state index contributed by atoms with van der Waals surface area (Å²) in [5, 5.41) is 0. The van der Waals surface area contributed by atoms with E-state index >= 15 is 0 Å². The third-order valence-electron chi connectivity index (χ3n) is 5.50. The number of fused-ring (bicyclic) bond motifs is 1. The Morgan fingerprint density at radius 2 is 1.85 bits per heavy atom. The first kappa shape index (κ1) is 16.8. The van der Waals surface area contributed by atoms with Gasteiger partial charge in [0.25, 0.3) is 5.91 Å². The Bertz CT molecular complexity index is 835. The zero-order chi connectivity index (χ0) is 18.1. The minimum Gasteiger partial charge on any atom is -0.468 e. The summed E-state index contributed by atoms with van der Waals surface area (Å²) in [6.07, 6.45) is 0. The summed E-state index contributed by atoms with van der Waals surface area (Å²) >= 11 is 0. The van der Waals surface area contributed by atoms with Crippen molar-refractivity contribution in [2.75, 3.05) is 33.4 Å². The lowest BCUT2D eigenvalue weighted by Crippen LogP contribution is -2.41. The van der Waals surface area contributed by atoms with Crippen LogP contribution in [0.25, 0.3) is 11.1 Å². The maximum absolute atomic E-state index is 13.3. The van der Waals surface area contributed by atoms with Gasteiger partial charge in [-0.2, -0.15) is 0 Å². The molecule has 2 aliphatic heterocycles. The SMILES string of the molecule is COC(=O)[C@@]12COC[C@@H]1CN(C(=O)c1ccccc1-c1ccccc1)C2. The van der Waals surface area contributed by atoms with Crippen molar-refractivity contribution in [2.45, 2.75) is 0 Å². The monoisotopic (exact) mass is 351 g/mol. The lowest BCUT2D eigenvalue weighted by atomic mass is 9.81. The van der Waals surface area contributed by atoms with Crippen LogP contribution in [-0.4, -0.2) is 50.2 Å². The highest BCUT2D eigenvalue weighted by Crippen LogP contribution is 2.43. The number of nitrogens with zero attached hydrogens (tertiary/aromatic N) is 1. The van der Waals surface area contributed by atoms with Gasteiger partial charge in [0, 0.05) is 24.6 Å². The largest absolute Gasteiger partial charge is 0.468 e. The molecule has 0 aliphatic carbocycles. The molecule has 0 spiro atoms. The Hall–Kier alpha value is -2.66. The molecule has 2 fully saturated rings. The van der Waals surface area contributed by atoms with Crippen LogP contribution in [0.2, 0.25) is 0 Å². The third-order valence-corrected chi connectivity index (χ3v) is 5.50. The van der Waals surface area contributed by atoms with Crippen molar-refractivity contribution >= 4 is 11.9 Å². The first-order valence-electron chi connectivity index (χ1n) is 8.75. The van der Waals surface area contributed by atoms with Crippen LogP contribution in [0.15, 0.2) is 54.6 Å². The summed E-state index contributed by atoms with van der Waals surface area (Å²) in [5.41, 5.74) is 1.83. The lowest BCUT2D eigenvalue weighted by Gasteiger charge is -2.24. The van der Waals surface area contributed by atoms with Crippen LogP contribution >= 0.6 is 0 Å². The van der Waals surface area contributed by atoms with Gasteiger partial charge in [0.15, 0.2) is 0 Å². The summed E-state index contributed by atoms with van der Waals surface area (Å²) < 4.78 is 10.5. The lowest BCUT2D eigenvalue weighted by molar-refractivity contribution is -0.153. The van der Waals surface area contributed by atoms with Gasteiger partial charge in [0.1, 0.15) is 5.41 Å². The number of methoxy groups -OCH3 is 1. The van der Waals surface area contributed by atoms with Crippen LogP contribution in [0, 0.1) is 11.3 Å². The van der Waals surface area contributed by atoms with E-state index in [1.54, 1.807) is 4.90 Å². The highest BCUT2D eigenvalue weighted by atomic mass is 16.5. The first-order valence-corrected chi connectivity index (χ1v) is 8.75. The van der Waals surface area contributed by atoms with Crippen molar-refractivity contribution in [3.8, 4) is 11.1 Å². The maximum Gasteiger partial charge on any atom is 0.316 e. The number of amides is 1. The van der Waals surface area contributed by atoms with Gasteiger partial charge in [-0.25, -0.2) is 0 Å². The molecule has 0 unspecified atom stereocenters. The molecular weight excluding hydrogens is 330 g/mol. The Labute approximate surface area is 152 Å². The molecule has 2 aromatic rings. The molecule has 5 nitrogen and oxygen atoms in total. The molecule has 5 heteroatoms. The highest BCUT2D eigenvalue weighted by Gasteiger charge is 2.57. The van der Waals surface area contributed by atoms with Crippen LogP contribution in [0.5, 0.6) is 0 Å². The second kappa shape index (κ2) is 6.57. The van der Waals surface area contributed by atoms with Gasteiger partial charge in [-0.3, -0.25) is 9.59 Å². The van der Waals surface area contributed by atoms with E-state index in [-0.39, 0.29) is 17.8 Å². The second-order valence-electron chi connectivity index (χ2n) is 6.96. The minimum atomic E-state index is -0.730. The predicted octanol–water partition coefficient (Wildman–Crippen LogP) is 2.62. The van der Waals surface area contributed by atoms with Gasteiger partial charge in [-0.1, -0.05) is 48.5 Å². The molecule has 0 bridgehead atoms. The van der Waals surface area contributed by atoms with E-state index in [0.717, 1.165) is 11.1 Å². The number of carbonyl (C=O) groups is 2. The van der Waals surface area contributed by atoms with Gasteiger partial charge in [0.2, 0.25) is 0 Å². The van der Waals surface area contributed by atoms with E-state index in [9.17, 15) is 9.59 Å². The van der Waals surface area contributed by atoms with Crippen molar-refractivity contribution in [1.29, 1.82) is 0 Å². The first-order chi connectivity index (χ1) is 12.7. The minimum absolute atomic E-state index is 0.0113. The quantitative estimate of drug-likeness (QED) is 0.798. The molecule has 2 aliphatic rings. The summed E-state index contributed by atoms with van der Waals surface area (Å²) in [6.45, 7) is 1.65. The van der Waals surface area contributed by atoms with E-state index in [1.165, 1.54) is 7.11 Å². The van der Waals surface area contributed by atoms with Gasteiger partial charge in [-0.05, 0) is 17.2 Å². The second-order valence-corrected chi connectivity index (χ2v) is 6.96. The molecule has 2 heterocycles. The van der Waals surface area contributed by atoms with Crippen LogP contribution in [-0.2, 0) is 14.3 Å². The summed E-state index contributed by atoms with van der Waals surface area (Å²) in [6, 6.07) is 17.5. The molecule has 0 N–H and O–H groups in total. The molecule has 1 amide bonds. The number of hydrogen-bond donors (Lipinski definition) is 0. The van der Waals surface area contributed by atoms with Crippen molar-refractivity contribution in [3.05, 3.63) is 60.2 Å². The predicted molar refractivity (Wildman–Crippen MR) is 96.5 cm³/mol. The number of benzene rings is 2. The van der Waals surface area contributed by atoms with Crippen molar-refractivity contribution in [1.82, 2.24) is 4.90 Å². The van der Waals surface area contributed by atoms with E-state index in [2.05, 4.69) is 0 Å². The van der Waals surface area contributed by atoms with E-state index < -0.39 is 5.41 Å². The van der Waals surface area contributed by atoms with Crippen molar-refractivity contribution in [2.24, 2.45) is 11.3 Å². The third kappa shape index (κ3) is 2.59. The maximum atomic E-state index is 13.3. The Morgan fingerprint density at radius 3 is 2.62 bits per heavy atom. The van der Waals surface area contributed by atoms with Gasteiger partial charge in [0.05, 0.1) is 20.3 Å². The fourth-order valence-corrected chi connectivity index (χ4v) is 4.09. The van der Waals surface area contributed by atoms with Crippen LogP contribution in [0.3, 0.4) is 0 Å². The van der Waals surface area contributed by atoms with Gasteiger partial charge in [-0.15, -0.1) is 0 Å². The van der Waals surface area contributed by atoms with Crippen LogP contribution in [0.1, 0.15) is 10.4 Å². The van der Waals surface area contributed by atoms with Crippen LogP contribution < -0.4 is 0 Å². The topological polar surface area (TPSA) is 55.8 Å². The normalized spacial score (nSPS) is 24.3. The number of likely N-dealkylation sites (tertiary alicyclic amines) is 1. The molecule has 0 aromatic heterocycles. The fraction of sp³-hybridized carbons (Fsp3) is 0.333. The van der Waals surface area contributed by atoms with Crippen molar-refractivity contribution < 1.29 is 19.1 Å².